The summed E-state index contributed by atoms with van der Waals surface area (Å²) in [5, 5.41) is 2.36. The van der Waals surface area contributed by atoms with Crippen LogP contribution in [0.25, 0.3) is 15.6 Å². The van der Waals surface area contributed by atoms with Crippen molar-refractivity contribution in [3.8, 4) is 0 Å². The summed E-state index contributed by atoms with van der Waals surface area (Å²) in [6.07, 6.45) is 4.45. The molecule has 6 heterocycles. The maximum Gasteiger partial charge on any atom is 0.632 e. The van der Waals surface area contributed by atoms with Crippen LogP contribution in [0.1, 0.15) is 22.5 Å². The number of benzene rings is 2. The Kier molecular flexibility index (Phi) is 3.47. The van der Waals surface area contributed by atoms with Gasteiger partial charge in [0.2, 0.25) is 0 Å². The van der Waals surface area contributed by atoms with Gasteiger partial charge in [-0.25, -0.2) is 0 Å². The van der Waals surface area contributed by atoms with Gasteiger partial charge in [0.15, 0.2) is 11.4 Å². The molecule has 1 unspecified atom stereocenters. The molecule has 34 heavy (non-hydrogen) atoms. The fourth-order valence-electron chi connectivity index (χ4n) is 6.46. The van der Waals surface area contributed by atoms with E-state index in [0.717, 1.165) is 15.9 Å². The zero-order valence-electron chi connectivity index (χ0n) is 18.4. The highest BCUT2D eigenvalue weighted by Gasteiger charge is 2.59. The van der Waals surface area contributed by atoms with Gasteiger partial charge in [-0.3, -0.25) is 0 Å². The zero-order chi connectivity index (χ0) is 22.6. The average Bonchev–Trinajstić information content (AvgIpc) is 3.63. The molecule has 2 aromatic carbocycles. The fraction of sp³-hybridized carbons (Fsp3) is 0.0357. The van der Waals surface area contributed by atoms with Crippen molar-refractivity contribution in [1.29, 1.82) is 0 Å². The third kappa shape index (κ3) is 1.96. The molecule has 0 amide bonds. The Bertz CT molecular complexity index is 1790. The van der Waals surface area contributed by atoms with Gasteiger partial charge < -0.3 is 18.1 Å². The van der Waals surface area contributed by atoms with Crippen LogP contribution in [0.3, 0.4) is 0 Å². The van der Waals surface area contributed by atoms with Crippen LogP contribution in [-0.2, 0) is 4.65 Å². The first kappa shape index (κ1) is 18.8. The minimum Gasteiger partial charge on any atom is -0.492 e. The summed E-state index contributed by atoms with van der Waals surface area (Å²) >= 11 is 3.95. The van der Waals surface area contributed by atoms with Crippen molar-refractivity contribution in [2.75, 3.05) is 7.11 Å². The predicted octanol–water partition coefficient (Wildman–Crippen LogP) is 3.64. The minimum atomic E-state index is -1.78. The molecule has 4 nitrogen and oxygen atoms in total. The highest BCUT2D eigenvalue weighted by Crippen LogP contribution is 2.44. The highest BCUT2D eigenvalue weighted by atomic mass is 79.9. The van der Waals surface area contributed by atoms with E-state index in [1.54, 1.807) is 0 Å². The van der Waals surface area contributed by atoms with E-state index in [-0.39, 0.29) is 0 Å². The zero-order valence-corrected chi connectivity index (χ0v) is 20.0. The Morgan fingerprint density at radius 1 is 0.706 bits per heavy atom. The molecular formula is C28H19BBrN3O. The molecule has 2 aromatic heterocycles. The van der Waals surface area contributed by atoms with Gasteiger partial charge in [-0.05, 0) is 58.4 Å². The third-order valence-corrected chi connectivity index (χ3v) is 8.49. The molecule has 6 heteroatoms. The molecule has 0 saturated heterocycles. The summed E-state index contributed by atoms with van der Waals surface area (Å²) in [6, 6.07) is 30.3. The molecule has 4 aliphatic rings. The molecule has 0 aliphatic carbocycles. The number of rotatable bonds is 3. The summed E-state index contributed by atoms with van der Waals surface area (Å²) < 4.78 is 15.0. The van der Waals surface area contributed by atoms with Crippen LogP contribution in [0.5, 0.6) is 0 Å². The number of halogens is 1. The van der Waals surface area contributed by atoms with E-state index in [1.165, 1.54) is 44.4 Å². The molecule has 8 rings (SSSR count). The van der Waals surface area contributed by atoms with Gasteiger partial charge in [-0.15, -0.1) is 0 Å². The molecule has 0 N–H and O–H groups in total. The number of aromatic nitrogens is 2. The van der Waals surface area contributed by atoms with Crippen LogP contribution in [0.4, 0.5) is 0 Å². The van der Waals surface area contributed by atoms with Crippen LogP contribution in [0.15, 0.2) is 103 Å². The Labute approximate surface area is 204 Å². The fourth-order valence-corrected chi connectivity index (χ4v) is 7.11. The summed E-state index contributed by atoms with van der Waals surface area (Å²) in [5.41, 5.74) is 9.46. The standard InChI is InChI=1S/C28H19BBrN3O/c1-34-29-31-20-12-13-21(31)27(19-10-6-3-7-11-19)23-15-17-25(33(23)29)28(30)24-16-14-22(32(24)29)26(20)18-8-4-2-5-9-18/h2-17H,1H3. The molecule has 162 valence electrons. The van der Waals surface area contributed by atoms with Crippen molar-refractivity contribution in [2.45, 2.75) is 0 Å². The number of hydrogen-bond acceptors (Lipinski definition) is 1. The van der Waals surface area contributed by atoms with Gasteiger partial charge in [-0.2, -0.15) is 0 Å². The van der Waals surface area contributed by atoms with Gasteiger partial charge in [0.25, 0.3) is 0 Å². The van der Waals surface area contributed by atoms with Gasteiger partial charge in [0, 0.05) is 39.8 Å². The van der Waals surface area contributed by atoms with Crippen molar-refractivity contribution in [3.63, 3.8) is 0 Å². The van der Waals surface area contributed by atoms with Crippen LogP contribution in [-0.4, -0.2) is 33.0 Å². The van der Waals surface area contributed by atoms with Gasteiger partial charge in [-0.1, -0.05) is 60.7 Å². The lowest BCUT2D eigenvalue weighted by atomic mass is 9.71. The monoisotopic (exact) mass is 503 g/mol. The molecule has 0 spiro atoms. The van der Waals surface area contributed by atoms with E-state index >= 15 is 0 Å². The minimum absolute atomic E-state index is 1.08. The van der Waals surface area contributed by atoms with Crippen LogP contribution in [0, 0.1) is 0 Å². The molecular weight excluding hydrogens is 485 g/mol. The first-order chi connectivity index (χ1) is 16.8. The summed E-state index contributed by atoms with van der Waals surface area (Å²) in [4.78, 5) is 0. The lowest BCUT2D eigenvalue weighted by Gasteiger charge is -2.47. The molecule has 0 bridgehead atoms. The van der Waals surface area contributed by atoms with Crippen molar-refractivity contribution < 1.29 is 9.14 Å². The number of hydrogen-bond donors (Lipinski definition) is 0. The Balaban J connectivity index is 1.67. The largest absolute Gasteiger partial charge is 0.632 e. The van der Waals surface area contributed by atoms with E-state index in [1.807, 2.05) is 7.11 Å². The van der Waals surface area contributed by atoms with E-state index < -0.39 is 6.75 Å². The summed E-state index contributed by atoms with van der Waals surface area (Å²) in [7, 11) is 1.84. The SMILES string of the molecule is CO[B-]12n3c4ccc3C(c3ccccc3)=c3ccc(n31)=C(c1ccccc1)C1=[N+]2C(=C4Br)C=C1. The average molecular weight is 504 g/mol. The smallest absolute Gasteiger partial charge is 0.492 e. The van der Waals surface area contributed by atoms with Gasteiger partial charge in [0.05, 0.1) is 5.57 Å². The van der Waals surface area contributed by atoms with Crippen molar-refractivity contribution >= 4 is 44.0 Å². The van der Waals surface area contributed by atoms with Crippen molar-refractivity contribution in [2.24, 2.45) is 0 Å². The lowest BCUT2D eigenvalue weighted by Crippen LogP contribution is -2.73. The van der Waals surface area contributed by atoms with Gasteiger partial charge in [0.1, 0.15) is 4.48 Å². The van der Waals surface area contributed by atoms with Crippen molar-refractivity contribution in [3.05, 3.63) is 136 Å². The number of nitrogens with zero attached hydrogens (tertiary/aromatic N) is 3. The number of allylic oxidation sites excluding steroid dienone is 2. The summed E-state index contributed by atoms with van der Waals surface area (Å²) in [6.45, 7) is -1.78. The molecule has 0 fully saturated rings. The van der Waals surface area contributed by atoms with E-state index in [2.05, 4.69) is 126 Å². The van der Waals surface area contributed by atoms with Crippen LogP contribution >= 0.6 is 15.9 Å². The third-order valence-electron chi connectivity index (χ3n) is 7.68. The first-order valence-electron chi connectivity index (χ1n) is 11.5. The molecule has 0 radical (unpaired) electrons. The second kappa shape index (κ2) is 6.29. The molecule has 1 atom stereocenters. The molecule has 4 aromatic rings. The maximum absolute atomic E-state index is 6.64. The van der Waals surface area contributed by atoms with Crippen LogP contribution in [0.2, 0.25) is 0 Å². The summed E-state index contributed by atoms with van der Waals surface area (Å²) in [5.74, 6) is 0. The Morgan fingerprint density at radius 3 is 2.00 bits per heavy atom. The van der Waals surface area contributed by atoms with Crippen LogP contribution < -0.4 is 10.7 Å². The molecule has 4 aliphatic heterocycles. The Hall–Kier alpha value is -3.61. The topological polar surface area (TPSA) is 22.1 Å². The van der Waals surface area contributed by atoms with Crippen molar-refractivity contribution in [1.82, 2.24) is 8.96 Å². The highest BCUT2D eigenvalue weighted by molar-refractivity contribution is 9.15. The van der Waals surface area contributed by atoms with E-state index in [9.17, 15) is 0 Å². The van der Waals surface area contributed by atoms with E-state index in [0.29, 0.717) is 0 Å². The van der Waals surface area contributed by atoms with Gasteiger partial charge >= 0.3 is 6.75 Å². The van der Waals surface area contributed by atoms with E-state index in [4.69, 9.17) is 4.65 Å². The Morgan fingerprint density at radius 2 is 1.32 bits per heavy atom. The first-order valence-corrected chi connectivity index (χ1v) is 12.3. The normalized spacial score (nSPS) is 21.0. The lowest BCUT2D eigenvalue weighted by molar-refractivity contribution is -0.360. The quantitative estimate of drug-likeness (QED) is 0.391. The molecule has 0 saturated carbocycles. The second-order valence-corrected chi connectivity index (χ2v) is 9.91. The second-order valence-electron chi connectivity index (χ2n) is 9.12. The maximum atomic E-state index is 6.64. The predicted molar refractivity (Wildman–Crippen MR) is 139 cm³/mol.